The molecule has 4 heteroatoms. The Bertz CT molecular complexity index is 147. The van der Waals surface area contributed by atoms with Gasteiger partial charge >= 0.3 is 5.97 Å². The van der Waals surface area contributed by atoms with E-state index in [0.29, 0.717) is 18.3 Å². The number of carbonyl (C=O) groups excluding carboxylic acids is 1. The molecule has 1 atom stereocenters. The van der Waals surface area contributed by atoms with Crippen molar-refractivity contribution in [3.63, 3.8) is 0 Å². The van der Waals surface area contributed by atoms with Gasteiger partial charge in [0.25, 0.3) is 0 Å². The maximum Gasteiger partial charge on any atom is 0.323 e. The molecule has 0 aromatic rings. The van der Waals surface area contributed by atoms with Crippen LogP contribution in [0.4, 0.5) is 0 Å². The van der Waals surface area contributed by atoms with Crippen molar-refractivity contribution in [2.75, 3.05) is 12.4 Å². The van der Waals surface area contributed by atoms with Crippen LogP contribution in [0.15, 0.2) is 0 Å². The van der Waals surface area contributed by atoms with Crippen LogP contribution >= 0.6 is 12.6 Å². The molecule has 1 rings (SSSR count). The van der Waals surface area contributed by atoms with Crippen molar-refractivity contribution in [3.05, 3.63) is 0 Å². The average Bonchev–Trinajstić information content (AvgIpc) is 2.81. The summed E-state index contributed by atoms with van der Waals surface area (Å²) in [5.41, 5.74) is 5.37. The molecule has 0 aromatic carbocycles. The van der Waals surface area contributed by atoms with Gasteiger partial charge in [-0.1, -0.05) is 0 Å². The van der Waals surface area contributed by atoms with Gasteiger partial charge in [0.2, 0.25) is 0 Å². The van der Waals surface area contributed by atoms with Crippen LogP contribution in [0.25, 0.3) is 0 Å². The van der Waals surface area contributed by atoms with Crippen LogP contribution in [0.3, 0.4) is 0 Å². The van der Waals surface area contributed by atoms with Crippen molar-refractivity contribution < 1.29 is 9.53 Å². The van der Waals surface area contributed by atoms with Gasteiger partial charge in [0.15, 0.2) is 0 Å². The third-order valence-corrected chi connectivity index (χ3v) is 2.05. The number of nitrogens with two attached hydrogens (primary N) is 1. The van der Waals surface area contributed by atoms with Crippen LogP contribution < -0.4 is 5.73 Å². The molecule has 0 heterocycles. The van der Waals surface area contributed by atoms with Gasteiger partial charge < -0.3 is 10.5 Å². The molecule has 1 saturated carbocycles. The second-order valence-corrected chi connectivity index (χ2v) is 3.23. The van der Waals surface area contributed by atoms with Crippen LogP contribution in [0.1, 0.15) is 12.8 Å². The minimum atomic E-state index is -0.558. The zero-order valence-corrected chi connectivity index (χ0v) is 7.22. The molecule has 11 heavy (non-hydrogen) atoms. The average molecular weight is 175 g/mol. The number of hydrogen-bond donors (Lipinski definition) is 2. The topological polar surface area (TPSA) is 52.3 Å². The van der Waals surface area contributed by atoms with Gasteiger partial charge in [-0.3, -0.25) is 4.79 Å². The van der Waals surface area contributed by atoms with Gasteiger partial charge in [-0.25, -0.2) is 0 Å². The maximum absolute atomic E-state index is 10.9. The molecular weight excluding hydrogens is 162 g/mol. The van der Waals surface area contributed by atoms with Gasteiger partial charge in [0.05, 0.1) is 6.61 Å². The quantitative estimate of drug-likeness (QED) is 0.474. The Kier molecular flexibility index (Phi) is 3.20. The highest BCUT2D eigenvalue weighted by Gasteiger charge is 2.24. The molecule has 0 aliphatic heterocycles. The van der Waals surface area contributed by atoms with Gasteiger partial charge in [0.1, 0.15) is 6.04 Å². The van der Waals surface area contributed by atoms with Gasteiger partial charge in [-0.05, 0) is 18.8 Å². The van der Waals surface area contributed by atoms with E-state index in [-0.39, 0.29) is 5.97 Å². The highest BCUT2D eigenvalue weighted by atomic mass is 32.1. The first-order valence-corrected chi connectivity index (χ1v) is 4.40. The van der Waals surface area contributed by atoms with E-state index >= 15 is 0 Å². The summed E-state index contributed by atoms with van der Waals surface area (Å²) < 4.78 is 4.91. The predicted octanol–water partition coefficient (Wildman–Crippen LogP) is 0.197. The third kappa shape index (κ3) is 3.12. The number of rotatable bonds is 4. The lowest BCUT2D eigenvalue weighted by Gasteiger charge is -2.07. The van der Waals surface area contributed by atoms with Crippen LogP contribution in [-0.4, -0.2) is 24.4 Å². The lowest BCUT2D eigenvalue weighted by Crippen LogP contribution is -2.34. The van der Waals surface area contributed by atoms with Crippen LogP contribution in [0.2, 0.25) is 0 Å². The van der Waals surface area contributed by atoms with Crippen LogP contribution in [0.5, 0.6) is 0 Å². The zero-order chi connectivity index (χ0) is 8.27. The van der Waals surface area contributed by atoms with Crippen LogP contribution in [-0.2, 0) is 9.53 Å². The normalized spacial score (nSPS) is 19.5. The summed E-state index contributed by atoms with van der Waals surface area (Å²) >= 11 is 3.89. The Morgan fingerprint density at radius 3 is 2.82 bits per heavy atom. The molecule has 0 spiro atoms. The van der Waals surface area contributed by atoms with Crippen molar-refractivity contribution in [2.45, 2.75) is 18.9 Å². The Labute approximate surface area is 71.7 Å². The second kappa shape index (κ2) is 3.97. The number of esters is 1. The third-order valence-electron chi connectivity index (χ3n) is 1.66. The van der Waals surface area contributed by atoms with Crippen LogP contribution in [0, 0.1) is 5.92 Å². The molecule has 64 valence electrons. The monoisotopic (exact) mass is 175 g/mol. The van der Waals surface area contributed by atoms with Crippen molar-refractivity contribution in [1.82, 2.24) is 0 Å². The first-order valence-electron chi connectivity index (χ1n) is 3.77. The molecule has 3 nitrogen and oxygen atoms in total. The SMILES string of the molecule is N[C@@H](CS)C(=O)OCC1CC1. The van der Waals surface area contributed by atoms with E-state index < -0.39 is 6.04 Å². The fourth-order valence-corrected chi connectivity index (χ4v) is 0.815. The number of ether oxygens (including phenoxy) is 1. The van der Waals surface area contributed by atoms with E-state index in [1.165, 1.54) is 12.8 Å². The summed E-state index contributed by atoms with van der Waals surface area (Å²) in [4.78, 5) is 10.9. The first-order chi connectivity index (χ1) is 5.24. The molecule has 0 aromatic heterocycles. The van der Waals surface area contributed by atoms with Crippen molar-refractivity contribution in [1.29, 1.82) is 0 Å². The number of thiol groups is 1. The highest BCUT2D eigenvalue weighted by molar-refractivity contribution is 7.80. The molecule has 1 fully saturated rings. The molecule has 1 aliphatic carbocycles. The Morgan fingerprint density at radius 1 is 1.73 bits per heavy atom. The molecule has 1 aliphatic rings. The van der Waals surface area contributed by atoms with E-state index in [9.17, 15) is 4.79 Å². The van der Waals surface area contributed by atoms with E-state index in [4.69, 9.17) is 10.5 Å². The number of hydrogen-bond acceptors (Lipinski definition) is 4. The summed E-state index contributed by atoms with van der Waals surface area (Å²) in [6, 6.07) is -0.558. The summed E-state index contributed by atoms with van der Waals surface area (Å²) in [5, 5.41) is 0. The largest absolute Gasteiger partial charge is 0.464 e. The highest BCUT2D eigenvalue weighted by Crippen LogP contribution is 2.28. The van der Waals surface area contributed by atoms with Gasteiger partial charge in [0, 0.05) is 5.75 Å². The Morgan fingerprint density at radius 2 is 2.36 bits per heavy atom. The van der Waals surface area contributed by atoms with Gasteiger partial charge in [-0.15, -0.1) is 0 Å². The van der Waals surface area contributed by atoms with E-state index in [1.807, 2.05) is 0 Å². The smallest absolute Gasteiger partial charge is 0.323 e. The minimum absolute atomic E-state index is 0.327. The zero-order valence-electron chi connectivity index (χ0n) is 6.32. The fourth-order valence-electron chi connectivity index (χ4n) is 0.666. The summed E-state index contributed by atoms with van der Waals surface area (Å²) in [6.45, 7) is 0.542. The maximum atomic E-state index is 10.9. The van der Waals surface area contributed by atoms with E-state index in [0.717, 1.165) is 0 Å². The molecule has 0 saturated heterocycles. The molecule has 0 unspecified atom stereocenters. The van der Waals surface area contributed by atoms with Crippen molar-refractivity contribution >= 4 is 18.6 Å². The summed E-state index contributed by atoms with van der Waals surface area (Å²) in [6.07, 6.45) is 2.37. The Balaban J connectivity index is 2.08. The molecule has 0 amide bonds. The first kappa shape index (κ1) is 8.87. The van der Waals surface area contributed by atoms with Crippen molar-refractivity contribution in [2.24, 2.45) is 11.7 Å². The molecule has 0 bridgehead atoms. The molecule has 2 N–H and O–H groups in total. The van der Waals surface area contributed by atoms with Gasteiger partial charge in [-0.2, -0.15) is 12.6 Å². The predicted molar refractivity (Wildman–Crippen MR) is 45.5 cm³/mol. The van der Waals surface area contributed by atoms with E-state index in [2.05, 4.69) is 12.6 Å². The Hall–Kier alpha value is -0.220. The number of carbonyl (C=O) groups is 1. The fraction of sp³-hybridized carbons (Fsp3) is 0.857. The van der Waals surface area contributed by atoms with E-state index in [1.54, 1.807) is 0 Å². The molecular formula is C7H13NO2S. The lowest BCUT2D eigenvalue weighted by atomic mass is 10.4. The lowest BCUT2D eigenvalue weighted by molar-refractivity contribution is -0.145. The standard InChI is InChI=1S/C7H13NO2S/c8-6(4-11)7(9)10-3-5-1-2-5/h5-6,11H,1-4,8H2/t6-/m0/s1. The molecule has 0 radical (unpaired) electrons. The van der Waals surface area contributed by atoms with Crippen molar-refractivity contribution in [3.8, 4) is 0 Å². The second-order valence-electron chi connectivity index (χ2n) is 2.86. The minimum Gasteiger partial charge on any atom is -0.464 e. The summed E-state index contributed by atoms with van der Waals surface area (Å²) in [5.74, 6) is 0.627. The summed E-state index contributed by atoms with van der Waals surface area (Å²) in [7, 11) is 0.